The normalized spacial score (nSPS) is 14.5. The fraction of sp³-hybridized carbons (Fsp3) is 0.333. The Hall–Kier alpha value is -3.99. The summed E-state index contributed by atoms with van der Waals surface area (Å²) in [5.74, 6) is -2.00. The molecule has 3 amide bonds. The van der Waals surface area contributed by atoms with Crippen LogP contribution in [-0.2, 0) is 4.79 Å². The van der Waals surface area contributed by atoms with Gasteiger partial charge >= 0.3 is 0 Å². The Bertz CT molecular complexity index is 1310. The van der Waals surface area contributed by atoms with E-state index >= 15 is 0 Å². The van der Waals surface area contributed by atoms with Crippen LogP contribution in [0.1, 0.15) is 70.8 Å². The van der Waals surface area contributed by atoms with Crippen LogP contribution in [0.5, 0.6) is 5.75 Å². The number of benzene rings is 2. The van der Waals surface area contributed by atoms with E-state index in [0.717, 1.165) is 32.1 Å². The van der Waals surface area contributed by atoms with Crippen molar-refractivity contribution >= 4 is 40.6 Å². The number of primary amides is 1. The Morgan fingerprint density at radius 2 is 1.87 bits per heavy atom. The highest BCUT2D eigenvalue weighted by Gasteiger charge is 2.37. The van der Waals surface area contributed by atoms with Gasteiger partial charge in [0.05, 0.1) is 12.3 Å². The molecule has 200 valence electrons. The van der Waals surface area contributed by atoms with Gasteiger partial charge in [0, 0.05) is 11.7 Å². The van der Waals surface area contributed by atoms with Crippen LogP contribution in [0.4, 0.5) is 15.8 Å². The van der Waals surface area contributed by atoms with Gasteiger partial charge in [-0.05, 0) is 67.2 Å². The van der Waals surface area contributed by atoms with Gasteiger partial charge in [-0.3, -0.25) is 19.3 Å². The predicted octanol–water partition coefficient (Wildman–Crippen LogP) is 4.20. The molecule has 0 saturated heterocycles. The van der Waals surface area contributed by atoms with Crippen molar-refractivity contribution in [3.05, 3.63) is 70.5 Å². The first-order valence-electron chi connectivity index (χ1n) is 12.5. The largest absolute Gasteiger partial charge is 0.494 e. The lowest BCUT2D eigenvalue weighted by atomic mass is 9.94. The number of ether oxygens (including phenoxy) is 1. The summed E-state index contributed by atoms with van der Waals surface area (Å²) >= 11 is 0.696. The standard InChI is InChI=1S/C27H30FN5O4S/c1-2-37-20-13-11-16(12-14-20)23(26(35)31-18-8-4-3-5-9-18)33(19-10-6-7-17(28)15-19)27(36)24-21(29)22(25(30)34)32-38-24/h6-7,10-15,18,23H,2-5,8-9,29H2,1H3,(H2,30,34)(H,31,35)/t23-/m1/s1. The zero-order chi connectivity index (χ0) is 27.2. The number of aromatic nitrogens is 1. The first kappa shape index (κ1) is 27.1. The number of carbonyl (C=O) groups excluding carboxylic acids is 3. The number of nitrogen functional groups attached to an aromatic ring is 1. The summed E-state index contributed by atoms with van der Waals surface area (Å²) in [6.07, 6.45) is 4.77. The number of nitrogens with zero attached hydrogens (tertiary/aromatic N) is 2. The van der Waals surface area contributed by atoms with Crippen LogP contribution in [-0.4, -0.2) is 34.7 Å². The molecule has 0 bridgehead atoms. The molecule has 4 rings (SSSR count). The molecular formula is C27H30FN5O4S. The van der Waals surface area contributed by atoms with Crippen molar-refractivity contribution in [2.75, 3.05) is 17.2 Å². The number of hydrogen-bond donors (Lipinski definition) is 3. The van der Waals surface area contributed by atoms with E-state index in [-0.39, 0.29) is 28.0 Å². The average molecular weight is 540 g/mol. The summed E-state index contributed by atoms with van der Waals surface area (Å²) < 4.78 is 23.9. The molecule has 1 fully saturated rings. The van der Waals surface area contributed by atoms with Crippen LogP contribution < -0.4 is 26.4 Å². The molecule has 0 radical (unpaired) electrons. The van der Waals surface area contributed by atoms with Crippen molar-refractivity contribution in [2.45, 2.75) is 51.1 Å². The second kappa shape index (κ2) is 12.0. The molecular weight excluding hydrogens is 509 g/mol. The molecule has 1 aliphatic rings. The third-order valence-corrected chi connectivity index (χ3v) is 7.28. The fourth-order valence-corrected chi connectivity index (χ4v) is 5.35. The van der Waals surface area contributed by atoms with Gasteiger partial charge in [-0.2, -0.15) is 4.37 Å². The van der Waals surface area contributed by atoms with E-state index in [9.17, 15) is 18.8 Å². The molecule has 0 unspecified atom stereocenters. The second-order valence-electron chi connectivity index (χ2n) is 9.04. The van der Waals surface area contributed by atoms with Crippen molar-refractivity contribution in [2.24, 2.45) is 5.73 Å². The van der Waals surface area contributed by atoms with E-state index in [4.69, 9.17) is 16.2 Å². The molecule has 1 aliphatic carbocycles. The highest BCUT2D eigenvalue weighted by Crippen LogP contribution is 2.34. The Kier molecular flexibility index (Phi) is 8.57. The highest BCUT2D eigenvalue weighted by molar-refractivity contribution is 7.09. The number of hydrogen-bond acceptors (Lipinski definition) is 7. The monoisotopic (exact) mass is 539 g/mol. The molecule has 1 heterocycles. The van der Waals surface area contributed by atoms with Crippen molar-refractivity contribution in [1.29, 1.82) is 0 Å². The summed E-state index contributed by atoms with van der Waals surface area (Å²) in [5.41, 5.74) is 11.6. The molecule has 11 heteroatoms. The predicted molar refractivity (Wildman–Crippen MR) is 144 cm³/mol. The third-order valence-electron chi connectivity index (χ3n) is 6.43. The third kappa shape index (κ3) is 5.94. The van der Waals surface area contributed by atoms with Crippen LogP contribution in [0, 0.1) is 5.82 Å². The van der Waals surface area contributed by atoms with Crippen molar-refractivity contribution in [3.8, 4) is 5.75 Å². The minimum absolute atomic E-state index is 0.0409. The SMILES string of the molecule is CCOc1ccc([C@H](C(=O)NC2CCCCC2)N(C(=O)c2snc(C(N)=O)c2N)c2cccc(F)c2)cc1. The number of anilines is 2. The van der Waals surface area contributed by atoms with Crippen LogP contribution >= 0.6 is 11.5 Å². The Balaban J connectivity index is 1.83. The van der Waals surface area contributed by atoms with E-state index < -0.39 is 29.6 Å². The smallest absolute Gasteiger partial charge is 0.273 e. The zero-order valence-corrected chi connectivity index (χ0v) is 21.8. The molecule has 1 aromatic heterocycles. The topological polar surface area (TPSA) is 141 Å². The second-order valence-corrected chi connectivity index (χ2v) is 9.81. The van der Waals surface area contributed by atoms with Crippen LogP contribution in [0.25, 0.3) is 0 Å². The molecule has 1 saturated carbocycles. The van der Waals surface area contributed by atoms with Crippen molar-refractivity contribution in [3.63, 3.8) is 0 Å². The van der Waals surface area contributed by atoms with E-state index in [1.54, 1.807) is 24.3 Å². The lowest BCUT2D eigenvalue weighted by Crippen LogP contribution is -2.47. The Morgan fingerprint density at radius 3 is 2.47 bits per heavy atom. The molecule has 5 N–H and O–H groups in total. The van der Waals surface area contributed by atoms with E-state index in [1.807, 2.05) is 6.92 Å². The quantitative estimate of drug-likeness (QED) is 0.372. The van der Waals surface area contributed by atoms with E-state index in [2.05, 4.69) is 9.69 Å². The van der Waals surface area contributed by atoms with Gasteiger partial charge in [-0.25, -0.2) is 4.39 Å². The van der Waals surface area contributed by atoms with Crippen LogP contribution in [0.3, 0.4) is 0 Å². The summed E-state index contributed by atoms with van der Waals surface area (Å²) in [7, 11) is 0. The first-order valence-corrected chi connectivity index (χ1v) is 13.2. The van der Waals surface area contributed by atoms with Gasteiger partial charge in [-0.1, -0.05) is 37.5 Å². The molecule has 2 aromatic carbocycles. The fourth-order valence-electron chi connectivity index (χ4n) is 4.61. The molecule has 38 heavy (non-hydrogen) atoms. The molecule has 1 atom stereocenters. The number of halogens is 1. The number of carbonyl (C=O) groups is 3. The number of nitrogens with two attached hydrogens (primary N) is 2. The van der Waals surface area contributed by atoms with Gasteiger partial charge in [0.2, 0.25) is 5.91 Å². The minimum atomic E-state index is -1.18. The molecule has 3 aromatic rings. The maximum atomic E-state index is 14.4. The number of amides is 3. The first-order chi connectivity index (χ1) is 18.3. The zero-order valence-electron chi connectivity index (χ0n) is 21.0. The summed E-state index contributed by atoms with van der Waals surface area (Å²) in [6.45, 7) is 2.32. The van der Waals surface area contributed by atoms with Crippen molar-refractivity contribution in [1.82, 2.24) is 9.69 Å². The molecule has 0 aliphatic heterocycles. The summed E-state index contributed by atoms with van der Waals surface area (Å²) in [6, 6.07) is 11.0. The maximum absolute atomic E-state index is 14.4. The maximum Gasteiger partial charge on any atom is 0.273 e. The minimum Gasteiger partial charge on any atom is -0.494 e. The van der Waals surface area contributed by atoms with Gasteiger partial charge in [0.15, 0.2) is 5.69 Å². The van der Waals surface area contributed by atoms with E-state index in [0.29, 0.717) is 29.5 Å². The number of nitrogens with one attached hydrogen (secondary N) is 1. The lowest BCUT2D eigenvalue weighted by molar-refractivity contribution is -0.123. The van der Waals surface area contributed by atoms with Gasteiger partial charge in [0.25, 0.3) is 11.8 Å². The van der Waals surface area contributed by atoms with Gasteiger partial charge < -0.3 is 21.5 Å². The van der Waals surface area contributed by atoms with Crippen LogP contribution in [0.15, 0.2) is 48.5 Å². The summed E-state index contributed by atoms with van der Waals surface area (Å²) in [5, 5.41) is 3.09. The Labute approximate surface area is 224 Å². The lowest BCUT2D eigenvalue weighted by Gasteiger charge is -2.33. The van der Waals surface area contributed by atoms with Crippen LogP contribution in [0.2, 0.25) is 0 Å². The number of rotatable bonds is 9. The Morgan fingerprint density at radius 1 is 1.16 bits per heavy atom. The molecule has 9 nitrogen and oxygen atoms in total. The van der Waals surface area contributed by atoms with Gasteiger partial charge in [-0.15, -0.1) is 0 Å². The summed E-state index contributed by atoms with van der Waals surface area (Å²) in [4.78, 5) is 40.8. The van der Waals surface area contributed by atoms with Crippen molar-refractivity contribution < 1.29 is 23.5 Å². The highest BCUT2D eigenvalue weighted by atomic mass is 32.1. The average Bonchev–Trinajstić information content (AvgIpc) is 3.29. The van der Waals surface area contributed by atoms with E-state index in [1.165, 1.54) is 29.2 Å². The molecule has 0 spiro atoms. The van der Waals surface area contributed by atoms with Gasteiger partial charge in [0.1, 0.15) is 22.5 Å².